The van der Waals surface area contributed by atoms with Crippen LogP contribution < -0.4 is 10.6 Å². The summed E-state index contributed by atoms with van der Waals surface area (Å²) >= 11 is 8.76. The molecule has 3 aromatic carbocycles. The van der Waals surface area contributed by atoms with Gasteiger partial charge in [0.05, 0.1) is 37.8 Å². The lowest BCUT2D eigenvalue weighted by Crippen LogP contribution is -2.16. The lowest BCUT2D eigenvalue weighted by Gasteiger charge is -2.07. The van der Waals surface area contributed by atoms with Gasteiger partial charge in [-0.2, -0.15) is 0 Å². The van der Waals surface area contributed by atoms with E-state index in [9.17, 15) is 19.5 Å². The van der Waals surface area contributed by atoms with Crippen LogP contribution in [0.15, 0.2) is 71.1 Å². The number of anilines is 2. The van der Waals surface area contributed by atoms with Crippen LogP contribution in [0.1, 0.15) is 20.7 Å². The van der Waals surface area contributed by atoms with E-state index in [0.717, 1.165) is 10.2 Å². The molecule has 10 heteroatoms. The molecular formula is C23H16ClN3O4S2. The summed E-state index contributed by atoms with van der Waals surface area (Å²) in [4.78, 5) is 40.7. The summed E-state index contributed by atoms with van der Waals surface area (Å²) in [5.41, 5.74) is 1.82. The van der Waals surface area contributed by atoms with Gasteiger partial charge in [-0.05, 0) is 42.5 Å². The summed E-state index contributed by atoms with van der Waals surface area (Å²) in [6, 6.07) is 18.3. The first-order chi connectivity index (χ1) is 15.9. The molecule has 0 unspecified atom stereocenters. The zero-order chi connectivity index (χ0) is 23.4. The molecule has 0 fully saturated rings. The van der Waals surface area contributed by atoms with Gasteiger partial charge in [-0.15, -0.1) is 11.3 Å². The zero-order valence-electron chi connectivity index (χ0n) is 16.9. The van der Waals surface area contributed by atoms with E-state index in [1.165, 1.54) is 35.2 Å². The molecule has 4 aromatic rings. The fourth-order valence-corrected chi connectivity index (χ4v) is 5.08. The maximum Gasteiger partial charge on any atom is 0.336 e. The summed E-state index contributed by atoms with van der Waals surface area (Å²) in [7, 11) is 0. The van der Waals surface area contributed by atoms with Crippen molar-refractivity contribution in [2.45, 2.75) is 4.34 Å². The number of para-hydroxylation sites is 1. The molecule has 2 amide bonds. The largest absolute Gasteiger partial charge is 0.478 e. The molecule has 166 valence electrons. The highest BCUT2D eigenvalue weighted by Gasteiger charge is 2.16. The number of benzene rings is 3. The third-order valence-corrected chi connectivity index (χ3v) is 6.99. The number of hydrogen-bond acceptors (Lipinski definition) is 6. The normalized spacial score (nSPS) is 10.7. The number of thiazole rings is 1. The highest BCUT2D eigenvalue weighted by atomic mass is 35.5. The van der Waals surface area contributed by atoms with E-state index < -0.39 is 11.9 Å². The quantitative estimate of drug-likeness (QED) is 0.285. The van der Waals surface area contributed by atoms with Crippen LogP contribution in [0.4, 0.5) is 11.4 Å². The molecule has 0 bridgehead atoms. The van der Waals surface area contributed by atoms with Gasteiger partial charge in [0.2, 0.25) is 5.91 Å². The van der Waals surface area contributed by atoms with Crippen LogP contribution in [0.3, 0.4) is 0 Å². The summed E-state index contributed by atoms with van der Waals surface area (Å²) in [6.45, 7) is 0. The van der Waals surface area contributed by atoms with Crippen molar-refractivity contribution in [2.75, 3.05) is 16.4 Å². The molecule has 0 aliphatic carbocycles. The summed E-state index contributed by atoms with van der Waals surface area (Å²) in [5.74, 6) is -1.71. The molecule has 0 saturated heterocycles. The Balaban J connectivity index is 1.42. The number of hydrogen-bond donors (Lipinski definition) is 3. The van der Waals surface area contributed by atoms with Crippen LogP contribution in [0.2, 0.25) is 5.02 Å². The van der Waals surface area contributed by atoms with E-state index in [4.69, 9.17) is 11.6 Å². The Morgan fingerprint density at radius 1 is 0.970 bits per heavy atom. The van der Waals surface area contributed by atoms with Gasteiger partial charge in [0.25, 0.3) is 5.91 Å². The minimum absolute atomic E-state index is 0.0670. The van der Waals surface area contributed by atoms with Crippen LogP contribution in [0, 0.1) is 0 Å². The number of carbonyl (C=O) groups is 3. The van der Waals surface area contributed by atoms with E-state index in [-0.39, 0.29) is 22.8 Å². The van der Waals surface area contributed by atoms with Crippen molar-refractivity contribution in [3.63, 3.8) is 0 Å². The minimum Gasteiger partial charge on any atom is -0.478 e. The number of carbonyl (C=O) groups excluding carboxylic acids is 2. The molecule has 3 N–H and O–H groups in total. The molecular weight excluding hydrogens is 482 g/mol. The average molecular weight is 498 g/mol. The van der Waals surface area contributed by atoms with E-state index in [0.29, 0.717) is 20.7 Å². The standard InChI is InChI=1S/C23H16ClN3O4S2/c24-16-7-3-4-8-17(16)26-20(28)12-32-23-27-18-10-9-13(11-19(18)33-23)25-21(29)14-5-1-2-6-15(14)22(30)31/h1-11H,12H2,(H,25,29)(H,26,28)(H,30,31). The summed E-state index contributed by atoms with van der Waals surface area (Å²) < 4.78 is 1.53. The Labute approximate surface area is 201 Å². The highest BCUT2D eigenvalue weighted by molar-refractivity contribution is 8.01. The number of carboxylic acids is 1. The molecule has 1 aromatic heterocycles. The van der Waals surface area contributed by atoms with Crippen LogP contribution in [-0.4, -0.2) is 33.6 Å². The lowest BCUT2D eigenvalue weighted by molar-refractivity contribution is -0.113. The van der Waals surface area contributed by atoms with Crippen molar-refractivity contribution < 1.29 is 19.5 Å². The Morgan fingerprint density at radius 2 is 1.70 bits per heavy atom. The zero-order valence-corrected chi connectivity index (χ0v) is 19.3. The first kappa shape index (κ1) is 22.8. The number of thioether (sulfide) groups is 1. The first-order valence-electron chi connectivity index (χ1n) is 9.62. The topological polar surface area (TPSA) is 108 Å². The predicted molar refractivity (Wildman–Crippen MR) is 132 cm³/mol. The third kappa shape index (κ3) is 5.51. The fourth-order valence-electron chi connectivity index (χ4n) is 2.99. The van der Waals surface area contributed by atoms with E-state index in [1.54, 1.807) is 54.6 Å². The van der Waals surface area contributed by atoms with Gasteiger partial charge in [-0.3, -0.25) is 9.59 Å². The predicted octanol–water partition coefficient (Wildman–Crippen LogP) is 5.63. The fraction of sp³-hybridized carbons (Fsp3) is 0.0435. The monoisotopic (exact) mass is 497 g/mol. The van der Waals surface area contributed by atoms with Crippen LogP contribution in [-0.2, 0) is 4.79 Å². The van der Waals surface area contributed by atoms with Crippen molar-refractivity contribution >= 4 is 74.1 Å². The minimum atomic E-state index is -1.17. The number of aromatic nitrogens is 1. The lowest BCUT2D eigenvalue weighted by atomic mass is 10.1. The van der Waals surface area contributed by atoms with Crippen LogP contribution in [0.25, 0.3) is 10.2 Å². The van der Waals surface area contributed by atoms with Gasteiger partial charge in [0, 0.05) is 5.69 Å². The molecule has 0 atom stereocenters. The second kappa shape index (κ2) is 10.0. The number of nitrogens with zero attached hydrogens (tertiary/aromatic N) is 1. The molecule has 0 aliphatic rings. The van der Waals surface area contributed by atoms with Gasteiger partial charge in [0.15, 0.2) is 4.34 Å². The Morgan fingerprint density at radius 3 is 2.45 bits per heavy atom. The summed E-state index contributed by atoms with van der Waals surface area (Å²) in [6.07, 6.45) is 0. The smallest absolute Gasteiger partial charge is 0.336 e. The average Bonchev–Trinajstić information content (AvgIpc) is 3.21. The highest BCUT2D eigenvalue weighted by Crippen LogP contribution is 2.32. The number of nitrogens with one attached hydrogen (secondary N) is 2. The van der Waals surface area contributed by atoms with Gasteiger partial charge < -0.3 is 15.7 Å². The third-order valence-electron chi connectivity index (χ3n) is 4.50. The molecule has 0 saturated carbocycles. The van der Waals surface area contributed by atoms with E-state index in [2.05, 4.69) is 15.6 Å². The van der Waals surface area contributed by atoms with Crippen molar-refractivity contribution in [2.24, 2.45) is 0 Å². The number of carboxylic acid groups (broad SMARTS) is 1. The Bertz CT molecular complexity index is 1370. The number of halogens is 1. The molecule has 1 heterocycles. The molecule has 4 rings (SSSR count). The maximum atomic E-state index is 12.6. The van der Waals surface area contributed by atoms with Crippen molar-refractivity contribution in [1.29, 1.82) is 0 Å². The van der Waals surface area contributed by atoms with Crippen molar-refractivity contribution in [3.05, 3.63) is 82.9 Å². The van der Waals surface area contributed by atoms with E-state index in [1.807, 2.05) is 0 Å². The molecule has 0 radical (unpaired) electrons. The van der Waals surface area contributed by atoms with Crippen LogP contribution >= 0.6 is 34.7 Å². The van der Waals surface area contributed by atoms with Crippen LogP contribution in [0.5, 0.6) is 0 Å². The number of rotatable bonds is 7. The van der Waals surface area contributed by atoms with Crippen molar-refractivity contribution in [3.8, 4) is 0 Å². The van der Waals surface area contributed by atoms with Gasteiger partial charge in [-0.1, -0.05) is 47.6 Å². The second-order valence-corrected chi connectivity index (χ2v) is 9.44. The maximum absolute atomic E-state index is 12.6. The summed E-state index contributed by atoms with van der Waals surface area (Å²) in [5, 5.41) is 15.3. The van der Waals surface area contributed by atoms with Crippen molar-refractivity contribution in [1.82, 2.24) is 4.98 Å². The first-order valence-corrected chi connectivity index (χ1v) is 11.8. The molecule has 0 aliphatic heterocycles. The van der Waals surface area contributed by atoms with Gasteiger partial charge >= 0.3 is 5.97 Å². The number of aromatic carboxylic acids is 1. The number of amides is 2. The Hall–Kier alpha value is -3.40. The molecule has 33 heavy (non-hydrogen) atoms. The molecule has 0 spiro atoms. The number of fused-ring (bicyclic) bond motifs is 1. The SMILES string of the molecule is O=C(CSc1nc2ccc(NC(=O)c3ccccc3C(=O)O)cc2s1)Nc1ccccc1Cl. The Kier molecular flexibility index (Phi) is 6.93. The van der Waals surface area contributed by atoms with Gasteiger partial charge in [0.1, 0.15) is 0 Å². The second-order valence-electron chi connectivity index (χ2n) is 6.78. The molecule has 7 nitrogen and oxygen atoms in total. The van der Waals surface area contributed by atoms with E-state index >= 15 is 0 Å². The van der Waals surface area contributed by atoms with Gasteiger partial charge in [-0.25, -0.2) is 9.78 Å².